The number of alkyl halides is 2. The van der Waals surface area contributed by atoms with Gasteiger partial charge in [-0.3, -0.25) is 0 Å². The molecule has 0 aliphatic heterocycles. The molecule has 1 aromatic heterocycles. The summed E-state index contributed by atoms with van der Waals surface area (Å²) in [4.78, 5) is 5.70. The molecule has 6 heteroatoms. The lowest BCUT2D eigenvalue weighted by Crippen LogP contribution is -2.06. The second kappa shape index (κ2) is 7.68. The molecule has 0 saturated heterocycles. The summed E-state index contributed by atoms with van der Waals surface area (Å²) in [5.41, 5.74) is 1.09. The van der Waals surface area contributed by atoms with Crippen molar-refractivity contribution in [3.8, 4) is 0 Å². The van der Waals surface area contributed by atoms with Crippen LogP contribution in [0, 0.1) is 0 Å². The molecule has 0 aliphatic rings. The lowest BCUT2D eigenvalue weighted by Gasteiger charge is -2.00. The summed E-state index contributed by atoms with van der Waals surface area (Å²) in [7, 11) is 1.89. The Balaban J connectivity index is 2.42. The van der Waals surface area contributed by atoms with Crippen molar-refractivity contribution in [2.75, 3.05) is 20.3 Å². The number of thiazole rings is 1. The van der Waals surface area contributed by atoms with Crippen LogP contribution in [0.25, 0.3) is 0 Å². The van der Waals surface area contributed by atoms with E-state index in [-0.39, 0.29) is 0 Å². The third-order valence-electron chi connectivity index (χ3n) is 2.20. The number of rotatable bonds is 8. The van der Waals surface area contributed by atoms with Crippen molar-refractivity contribution in [2.45, 2.75) is 32.7 Å². The Morgan fingerprint density at radius 1 is 1.47 bits per heavy atom. The van der Waals surface area contributed by atoms with Gasteiger partial charge in [0, 0.05) is 17.8 Å². The fraction of sp³-hybridized carbons (Fsp3) is 0.727. The Hall–Kier alpha value is -0.590. The molecule has 1 N–H and O–H groups in total. The van der Waals surface area contributed by atoms with Crippen LogP contribution >= 0.6 is 11.3 Å². The first-order valence-electron chi connectivity index (χ1n) is 5.65. The van der Waals surface area contributed by atoms with Gasteiger partial charge in [0.25, 0.3) is 6.43 Å². The lowest BCUT2D eigenvalue weighted by molar-refractivity contribution is 0.0187. The van der Waals surface area contributed by atoms with Crippen LogP contribution in [0.3, 0.4) is 0 Å². The smallest absolute Gasteiger partial charge is 0.261 e. The van der Waals surface area contributed by atoms with E-state index in [0.29, 0.717) is 13.0 Å². The summed E-state index contributed by atoms with van der Waals surface area (Å²) < 4.78 is 28.5. The Kier molecular flexibility index (Phi) is 6.54. The number of hydrogen-bond acceptors (Lipinski definition) is 4. The Bertz CT molecular complexity index is 331. The Morgan fingerprint density at radius 3 is 2.82 bits per heavy atom. The highest BCUT2D eigenvalue weighted by Gasteiger charge is 2.09. The zero-order chi connectivity index (χ0) is 12.7. The molecule has 98 valence electrons. The van der Waals surface area contributed by atoms with Crippen molar-refractivity contribution >= 4 is 11.3 Å². The van der Waals surface area contributed by atoms with E-state index in [1.54, 1.807) is 11.3 Å². The van der Waals surface area contributed by atoms with Crippen LogP contribution in [0.1, 0.15) is 22.5 Å². The zero-order valence-electron chi connectivity index (χ0n) is 10.1. The molecular weight excluding hydrogens is 246 g/mol. The molecule has 0 radical (unpaired) electrons. The van der Waals surface area contributed by atoms with E-state index in [1.807, 2.05) is 7.05 Å². The van der Waals surface area contributed by atoms with Crippen LogP contribution in [0.5, 0.6) is 0 Å². The number of ether oxygens (including phenoxy) is 1. The van der Waals surface area contributed by atoms with Gasteiger partial charge in [-0.25, -0.2) is 13.8 Å². The van der Waals surface area contributed by atoms with Crippen molar-refractivity contribution < 1.29 is 13.5 Å². The summed E-state index contributed by atoms with van der Waals surface area (Å²) in [6.07, 6.45) is -0.892. The van der Waals surface area contributed by atoms with Crippen LogP contribution < -0.4 is 5.32 Å². The van der Waals surface area contributed by atoms with Crippen LogP contribution in [-0.2, 0) is 24.1 Å². The lowest BCUT2D eigenvalue weighted by atomic mass is 10.3. The first-order chi connectivity index (χ1) is 8.17. The van der Waals surface area contributed by atoms with Crippen molar-refractivity contribution in [3.05, 3.63) is 15.6 Å². The average Bonchev–Trinajstić information content (AvgIpc) is 2.67. The maximum absolute atomic E-state index is 11.8. The largest absolute Gasteiger partial charge is 0.375 e. The minimum Gasteiger partial charge on any atom is -0.375 e. The van der Waals surface area contributed by atoms with Gasteiger partial charge in [-0.05, 0) is 13.5 Å². The normalized spacial score (nSPS) is 11.4. The predicted molar refractivity (Wildman–Crippen MR) is 64.8 cm³/mol. The second-order valence-corrected chi connectivity index (χ2v) is 4.75. The number of aryl methyl sites for hydroxylation is 1. The molecule has 17 heavy (non-hydrogen) atoms. The highest BCUT2D eigenvalue weighted by atomic mass is 32.1. The van der Waals surface area contributed by atoms with E-state index in [0.717, 1.165) is 23.7 Å². The summed E-state index contributed by atoms with van der Waals surface area (Å²) in [5.74, 6) is 0. The number of halogens is 2. The number of hydrogen-bond donors (Lipinski definition) is 1. The van der Waals surface area contributed by atoms with Crippen LogP contribution in [-0.4, -0.2) is 31.7 Å². The van der Waals surface area contributed by atoms with Crippen molar-refractivity contribution in [1.29, 1.82) is 0 Å². The van der Waals surface area contributed by atoms with E-state index < -0.39 is 13.0 Å². The fourth-order valence-corrected chi connectivity index (χ4v) is 2.60. The van der Waals surface area contributed by atoms with Gasteiger partial charge in [0.1, 0.15) is 6.61 Å². The van der Waals surface area contributed by atoms with Gasteiger partial charge in [-0.2, -0.15) is 0 Å². The molecule has 3 nitrogen and oxygen atoms in total. The number of nitrogens with zero attached hydrogens (tertiary/aromatic N) is 1. The fourth-order valence-electron chi connectivity index (χ4n) is 1.45. The van der Waals surface area contributed by atoms with E-state index in [1.165, 1.54) is 4.88 Å². The van der Waals surface area contributed by atoms with Gasteiger partial charge in [0.05, 0.1) is 17.3 Å². The van der Waals surface area contributed by atoms with E-state index in [4.69, 9.17) is 4.74 Å². The molecular formula is C11H18F2N2OS. The van der Waals surface area contributed by atoms with Gasteiger partial charge >= 0.3 is 0 Å². The topological polar surface area (TPSA) is 34.1 Å². The minimum absolute atomic E-state index is 0.306. The SMILES string of the molecule is CCc1nc(CCOCC(F)F)sc1CNC. The third-order valence-corrected chi connectivity index (χ3v) is 3.36. The Labute approximate surface area is 104 Å². The summed E-state index contributed by atoms with van der Waals surface area (Å²) in [6.45, 7) is 2.68. The van der Waals surface area contributed by atoms with E-state index >= 15 is 0 Å². The average molecular weight is 264 g/mol. The third kappa shape index (κ3) is 5.06. The minimum atomic E-state index is -2.39. The first kappa shape index (κ1) is 14.5. The molecule has 0 atom stereocenters. The summed E-state index contributed by atoms with van der Waals surface area (Å²) in [6, 6.07) is 0. The molecule has 0 fully saturated rings. The highest BCUT2D eigenvalue weighted by molar-refractivity contribution is 7.11. The predicted octanol–water partition coefficient (Wildman–Crippen LogP) is 2.25. The molecule has 0 saturated carbocycles. The molecule has 0 aromatic carbocycles. The zero-order valence-corrected chi connectivity index (χ0v) is 10.9. The van der Waals surface area contributed by atoms with E-state index in [9.17, 15) is 8.78 Å². The van der Waals surface area contributed by atoms with Crippen LogP contribution in [0.15, 0.2) is 0 Å². The van der Waals surface area contributed by atoms with Crippen LogP contribution in [0.4, 0.5) is 8.78 Å². The standard InChI is InChI=1S/C11H18F2N2OS/c1-3-8-9(6-14-2)17-11(15-8)4-5-16-7-10(12)13/h10,14H,3-7H2,1-2H3. The van der Waals surface area contributed by atoms with Gasteiger partial charge in [-0.15, -0.1) is 11.3 Å². The Morgan fingerprint density at radius 2 is 2.24 bits per heavy atom. The summed E-state index contributed by atoms with van der Waals surface area (Å²) in [5, 5.41) is 4.05. The van der Waals surface area contributed by atoms with E-state index in [2.05, 4.69) is 17.2 Å². The summed E-state index contributed by atoms with van der Waals surface area (Å²) >= 11 is 1.63. The van der Waals surface area contributed by atoms with Crippen molar-refractivity contribution in [2.24, 2.45) is 0 Å². The van der Waals surface area contributed by atoms with Gasteiger partial charge in [-0.1, -0.05) is 6.92 Å². The first-order valence-corrected chi connectivity index (χ1v) is 6.47. The van der Waals surface area contributed by atoms with Crippen molar-refractivity contribution in [3.63, 3.8) is 0 Å². The number of nitrogens with one attached hydrogen (secondary N) is 1. The monoisotopic (exact) mass is 264 g/mol. The molecule has 0 unspecified atom stereocenters. The quantitative estimate of drug-likeness (QED) is 0.731. The molecule has 1 aromatic rings. The molecule has 0 bridgehead atoms. The van der Waals surface area contributed by atoms with Gasteiger partial charge < -0.3 is 10.1 Å². The molecule has 0 aliphatic carbocycles. The van der Waals surface area contributed by atoms with Gasteiger partial charge in [0.2, 0.25) is 0 Å². The molecule has 1 rings (SSSR count). The number of aromatic nitrogens is 1. The maximum atomic E-state index is 11.8. The second-order valence-electron chi connectivity index (χ2n) is 3.58. The molecule has 0 spiro atoms. The molecule has 0 amide bonds. The highest BCUT2D eigenvalue weighted by Crippen LogP contribution is 2.19. The molecule has 1 heterocycles. The maximum Gasteiger partial charge on any atom is 0.261 e. The van der Waals surface area contributed by atoms with Gasteiger partial charge in [0.15, 0.2) is 0 Å². The van der Waals surface area contributed by atoms with Crippen LogP contribution in [0.2, 0.25) is 0 Å². The van der Waals surface area contributed by atoms with Crippen molar-refractivity contribution in [1.82, 2.24) is 10.3 Å².